The number of nitrogens with zero attached hydrogens (tertiary/aromatic N) is 2. The van der Waals surface area contributed by atoms with Gasteiger partial charge in [0, 0.05) is 53.1 Å². The van der Waals surface area contributed by atoms with Gasteiger partial charge >= 0.3 is 0 Å². The van der Waals surface area contributed by atoms with Gasteiger partial charge in [-0.05, 0) is 81.4 Å². The van der Waals surface area contributed by atoms with Crippen LogP contribution in [0.5, 0.6) is 0 Å². The Hall–Kier alpha value is -6.98. The Kier molecular flexibility index (Phi) is 7.46. The fraction of sp³-hybridized carbons (Fsp3) is 0. The molecule has 0 unspecified atom stereocenters. The summed E-state index contributed by atoms with van der Waals surface area (Å²) in [5.41, 5.74) is 7.16. The van der Waals surface area contributed by atoms with Gasteiger partial charge in [-0.2, -0.15) is 0 Å². The molecule has 272 valence electrons. The monoisotopic (exact) mass is 772 g/mol. The van der Waals surface area contributed by atoms with Crippen molar-refractivity contribution in [3.63, 3.8) is 0 Å². The molecule has 3 aromatic heterocycles. The molecule has 0 radical (unpaired) electrons. The first-order valence-electron chi connectivity index (χ1n) is 19.9. The number of rotatable bonds is 6. The molecule has 4 heteroatoms. The molecule has 0 fully saturated rings. The molecule has 2 nitrogen and oxygen atoms in total. The van der Waals surface area contributed by atoms with Crippen molar-refractivity contribution < 1.29 is 0 Å². The first-order chi connectivity index (χ1) is 28.8. The number of para-hydroxylation sites is 3. The van der Waals surface area contributed by atoms with E-state index >= 15 is 0 Å². The molecule has 0 bridgehead atoms. The van der Waals surface area contributed by atoms with Gasteiger partial charge in [0.05, 0.1) is 22.1 Å². The van der Waals surface area contributed by atoms with E-state index in [0.717, 1.165) is 5.69 Å². The second kappa shape index (κ2) is 13.0. The Balaban J connectivity index is 1.13. The molecule has 12 rings (SSSR count). The molecule has 0 atom stereocenters. The summed E-state index contributed by atoms with van der Waals surface area (Å²) in [5, 5.41) is 13.2. The predicted molar refractivity (Wildman–Crippen MR) is 252 cm³/mol. The summed E-state index contributed by atoms with van der Waals surface area (Å²) in [5.74, 6) is 0. The fourth-order valence-corrected chi connectivity index (χ4v) is 15.8. The largest absolute Gasteiger partial charge is 0.309 e. The molecule has 3 heterocycles. The minimum Gasteiger partial charge on any atom is -0.309 e. The number of aromatic nitrogens is 2. The number of fused-ring (bicyclic) bond motifs is 9. The molecule has 0 spiro atoms. The lowest BCUT2D eigenvalue weighted by Crippen LogP contribution is -2.74. The maximum absolute atomic E-state index is 2.84. The SMILES string of the molecule is c1ccc(-n2c3ccccc3c3cc(-n4c5ccccc5c5cc([Si](c6ccccc6)(c6ccccc6)c6ccc7c(c6)sc6ccccc67)ccc54)ccc32)cc1. The molecule has 58 heavy (non-hydrogen) atoms. The molecule has 0 aliphatic rings. The number of thiophene rings is 1. The lowest BCUT2D eigenvalue weighted by atomic mass is 10.1. The topological polar surface area (TPSA) is 9.86 Å². The van der Waals surface area contributed by atoms with E-state index < -0.39 is 8.07 Å². The normalized spacial score (nSPS) is 12.1. The average molecular weight is 773 g/mol. The Bertz CT molecular complexity index is 3470. The molecule has 0 aliphatic heterocycles. The summed E-state index contributed by atoms with van der Waals surface area (Å²) in [6.07, 6.45) is 0. The van der Waals surface area contributed by atoms with Gasteiger partial charge in [0.25, 0.3) is 0 Å². The molecule has 0 saturated carbocycles. The highest BCUT2D eigenvalue weighted by atomic mass is 32.1. The first-order valence-corrected chi connectivity index (χ1v) is 22.7. The van der Waals surface area contributed by atoms with Crippen LogP contribution in [0.15, 0.2) is 218 Å². The lowest BCUT2D eigenvalue weighted by Gasteiger charge is -2.34. The van der Waals surface area contributed by atoms with Gasteiger partial charge in [-0.25, -0.2) is 0 Å². The predicted octanol–water partition coefficient (Wildman–Crippen LogP) is 11.6. The second-order valence-electron chi connectivity index (χ2n) is 15.3. The quantitative estimate of drug-likeness (QED) is 0.118. The van der Waals surface area contributed by atoms with Crippen molar-refractivity contribution in [1.82, 2.24) is 9.13 Å². The molecule has 0 amide bonds. The van der Waals surface area contributed by atoms with Crippen LogP contribution < -0.4 is 20.7 Å². The maximum atomic E-state index is 2.54. The van der Waals surface area contributed by atoms with Crippen molar-refractivity contribution in [2.24, 2.45) is 0 Å². The van der Waals surface area contributed by atoms with Gasteiger partial charge in [-0.1, -0.05) is 158 Å². The smallest absolute Gasteiger partial charge is 0.179 e. The number of benzene rings is 9. The van der Waals surface area contributed by atoms with Crippen LogP contribution in [0.1, 0.15) is 0 Å². The van der Waals surface area contributed by atoms with E-state index in [9.17, 15) is 0 Å². The molecule has 0 aliphatic carbocycles. The zero-order valence-electron chi connectivity index (χ0n) is 31.6. The van der Waals surface area contributed by atoms with Crippen LogP contribution in [0, 0.1) is 0 Å². The van der Waals surface area contributed by atoms with Crippen LogP contribution in [-0.4, -0.2) is 17.2 Å². The van der Waals surface area contributed by atoms with Crippen molar-refractivity contribution in [3.05, 3.63) is 218 Å². The van der Waals surface area contributed by atoms with E-state index in [0.29, 0.717) is 0 Å². The standard InChI is InChI=1S/C54H36N2SSi/c1-4-16-37(17-5-1)55-49-25-13-10-22-43(49)47-34-38(28-32-51(47)55)56-50-26-14-11-23-44(50)48-35-41(30-33-52(48)56)58(39-18-6-2-7-19-39,40-20-8-3-9-21-40)42-29-31-46-45-24-12-15-27-53(45)57-54(46)36-42/h1-36H. The highest BCUT2D eigenvalue weighted by Gasteiger charge is 2.42. The van der Waals surface area contributed by atoms with Crippen molar-refractivity contribution in [1.29, 1.82) is 0 Å². The summed E-state index contributed by atoms with van der Waals surface area (Å²) < 4.78 is 7.53. The minimum absolute atomic E-state index is 1.16. The van der Waals surface area contributed by atoms with Gasteiger partial charge in [0.1, 0.15) is 0 Å². The van der Waals surface area contributed by atoms with Gasteiger partial charge < -0.3 is 9.13 Å². The van der Waals surface area contributed by atoms with E-state index in [1.165, 1.54) is 90.2 Å². The van der Waals surface area contributed by atoms with Gasteiger partial charge in [-0.15, -0.1) is 11.3 Å². The van der Waals surface area contributed by atoms with Gasteiger partial charge in [-0.3, -0.25) is 0 Å². The molecule has 0 N–H and O–H groups in total. The highest BCUT2D eigenvalue weighted by Crippen LogP contribution is 2.37. The highest BCUT2D eigenvalue weighted by molar-refractivity contribution is 7.26. The van der Waals surface area contributed by atoms with Crippen molar-refractivity contribution in [2.45, 2.75) is 0 Å². The Labute approximate surface area is 341 Å². The van der Waals surface area contributed by atoms with Crippen LogP contribution in [0.25, 0.3) is 75.2 Å². The fourth-order valence-electron chi connectivity index (χ4n) is 9.78. The third-order valence-electron chi connectivity index (χ3n) is 12.3. The van der Waals surface area contributed by atoms with E-state index in [1.807, 2.05) is 11.3 Å². The minimum atomic E-state index is -2.84. The summed E-state index contributed by atoms with van der Waals surface area (Å²) in [6, 6.07) is 81.6. The summed E-state index contributed by atoms with van der Waals surface area (Å²) in [4.78, 5) is 0. The van der Waals surface area contributed by atoms with Crippen LogP contribution in [0.4, 0.5) is 0 Å². The van der Waals surface area contributed by atoms with E-state index in [4.69, 9.17) is 0 Å². The average Bonchev–Trinajstić information content (AvgIpc) is 3.95. The lowest BCUT2D eigenvalue weighted by molar-refractivity contribution is 1.17. The third kappa shape index (κ3) is 4.83. The number of hydrogen-bond donors (Lipinski definition) is 0. The molecule has 12 aromatic rings. The van der Waals surface area contributed by atoms with Crippen molar-refractivity contribution >= 4 is 104 Å². The van der Waals surface area contributed by atoms with E-state index in [1.54, 1.807) is 0 Å². The summed E-state index contributed by atoms with van der Waals surface area (Å²) in [6.45, 7) is 0. The zero-order valence-corrected chi connectivity index (χ0v) is 33.4. The van der Waals surface area contributed by atoms with Crippen molar-refractivity contribution in [2.75, 3.05) is 0 Å². The van der Waals surface area contributed by atoms with Gasteiger partial charge in [0.2, 0.25) is 0 Å². The van der Waals surface area contributed by atoms with Crippen LogP contribution in [0.3, 0.4) is 0 Å². The zero-order chi connectivity index (χ0) is 38.2. The number of hydrogen-bond acceptors (Lipinski definition) is 1. The van der Waals surface area contributed by atoms with E-state index in [2.05, 4.69) is 228 Å². The van der Waals surface area contributed by atoms with Gasteiger partial charge in [0.15, 0.2) is 8.07 Å². The Morgan fingerprint density at radius 2 is 0.741 bits per heavy atom. The molecule has 0 saturated heterocycles. The molecule has 9 aromatic carbocycles. The van der Waals surface area contributed by atoms with Crippen LogP contribution in [-0.2, 0) is 0 Å². The second-order valence-corrected chi connectivity index (χ2v) is 20.2. The Morgan fingerprint density at radius 3 is 1.41 bits per heavy atom. The van der Waals surface area contributed by atoms with Crippen molar-refractivity contribution in [3.8, 4) is 11.4 Å². The molecular formula is C54H36N2SSi. The summed E-state index contributed by atoms with van der Waals surface area (Å²) in [7, 11) is -2.84. The maximum Gasteiger partial charge on any atom is 0.179 e. The third-order valence-corrected chi connectivity index (χ3v) is 18.1. The van der Waals surface area contributed by atoms with E-state index in [-0.39, 0.29) is 0 Å². The van der Waals surface area contributed by atoms with Crippen LogP contribution >= 0.6 is 11.3 Å². The Morgan fingerprint density at radius 1 is 0.276 bits per heavy atom. The molecular weight excluding hydrogens is 737 g/mol. The first kappa shape index (κ1) is 33.2. The van der Waals surface area contributed by atoms with Crippen LogP contribution in [0.2, 0.25) is 0 Å². The summed E-state index contributed by atoms with van der Waals surface area (Å²) >= 11 is 1.90.